The molecular formula is C22H20O2. The summed E-state index contributed by atoms with van der Waals surface area (Å²) in [4.78, 5) is 0. The number of aliphatic hydroxyl groups is 2. The number of aliphatic hydroxyl groups excluding tert-OH is 2. The van der Waals surface area contributed by atoms with Gasteiger partial charge in [-0.2, -0.15) is 0 Å². The Morgan fingerprint density at radius 2 is 1.29 bits per heavy atom. The molecule has 24 heavy (non-hydrogen) atoms. The van der Waals surface area contributed by atoms with Crippen LogP contribution in [0.3, 0.4) is 0 Å². The summed E-state index contributed by atoms with van der Waals surface area (Å²) in [6.07, 6.45) is 1.33. The molecule has 120 valence electrons. The molecule has 0 saturated carbocycles. The highest BCUT2D eigenvalue weighted by Gasteiger charge is 2.09. The molecule has 0 fully saturated rings. The lowest BCUT2D eigenvalue weighted by Crippen LogP contribution is -1.95. The van der Waals surface area contributed by atoms with Gasteiger partial charge in [0, 0.05) is 13.2 Å². The summed E-state index contributed by atoms with van der Waals surface area (Å²) < 4.78 is 0. The molecule has 4 aromatic carbocycles. The third-order valence-corrected chi connectivity index (χ3v) is 4.75. The average molecular weight is 316 g/mol. The normalized spacial score (nSPS) is 11.6. The Kier molecular flexibility index (Phi) is 3.93. The zero-order valence-corrected chi connectivity index (χ0v) is 13.5. The lowest BCUT2D eigenvalue weighted by Gasteiger charge is -2.13. The quantitative estimate of drug-likeness (QED) is 0.437. The van der Waals surface area contributed by atoms with Gasteiger partial charge in [-0.25, -0.2) is 0 Å². The number of hydrogen-bond donors (Lipinski definition) is 2. The third kappa shape index (κ3) is 2.54. The predicted octanol–water partition coefficient (Wildman–Crippen LogP) is 4.22. The maximum atomic E-state index is 9.45. The van der Waals surface area contributed by atoms with Crippen LogP contribution in [-0.2, 0) is 12.8 Å². The third-order valence-electron chi connectivity index (χ3n) is 4.75. The summed E-state index contributed by atoms with van der Waals surface area (Å²) in [6.45, 7) is 0.311. The second-order valence-corrected chi connectivity index (χ2v) is 6.28. The van der Waals surface area contributed by atoms with Gasteiger partial charge in [-0.05, 0) is 68.4 Å². The van der Waals surface area contributed by atoms with Gasteiger partial charge in [0.2, 0.25) is 0 Å². The van der Waals surface area contributed by atoms with E-state index >= 15 is 0 Å². The Balaban J connectivity index is 2.11. The smallest absolute Gasteiger partial charge is 0.0471 e. The van der Waals surface area contributed by atoms with E-state index in [1.54, 1.807) is 0 Å². The lowest BCUT2D eigenvalue weighted by atomic mass is 9.92. The molecule has 4 rings (SSSR count). The van der Waals surface area contributed by atoms with Gasteiger partial charge in [0.15, 0.2) is 0 Å². The summed E-state index contributed by atoms with van der Waals surface area (Å²) in [7, 11) is 0. The van der Waals surface area contributed by atoms with Crippen molar-refractivity contribution in [2.75, 3.05) is 13.2 Å². The topological polar surface area (TPSA) is 40.5 Å². The molecule has 2 N–H and O–H groups in total. The van der Waals surface area contributed by atoms with Crippen molar-refractivity contribution < 1.29 is 10.2 Å². The Hall–Kier alpha value is -2.42. The molecular weight excluding hydrogens is 296 g/mol. The minimum Gasteiger partial charge on any atom is -0.396 e. The SMILES string of the molecule is OCCc1ccc2cc(CCO)c3cc4ccccc4cc3c2c1. The average Bonchev–Trinajstić information content (AvgIpc) is 2.61. The molecule has 0 amide bonds. The second-order valence-electron chi connectivity index (χ2n) is 6.28. The Morgan fingerprint density at radius 3 is 2.00 bits per heavy atom. The molecule has 0 unspecified atom stereocenters. The summed E-state index contributed by atoms with van der Waals surface area (Å²) in [5.41, 5.74) is 2.33. The van der Waals surface area contributed by atoms with Crippen LogP contribution >= 0.6 is 0 Å². The van der Waals surface area contributed by atoms with Gasteiger partial charge in [0.25, 0.3) is 0 Å². The largest absolute Gasteiger partial charge is 0.396 e. The zero-order chi connectivity index (χ0) is 16.5. The monoisotopic (exact) mass is 316 g/mol. The fraction of sp³-hybridized carbons (Fsp3) is 0.182. The van der Waals surface area contributed by atoms with Crippen LogP contribution in [0, 0.1) is 0 Å². The Labute approximate surface area is 141 Å². The predicted molar refractivity (Wildman–Crippen MR) is 101 cm³/mol. The molecule has 0 aromatic heterocycles. The van der Waals surface area contributed by atoms with Crippen molar-refractivity contribution in [1.29, 1.82) is 0 Å². The maximum Gasteiger partial charge on any atom is 0.0471 e. The minimum absolute atomic E-state index is 0.149. The molecule has 0 aliphatic heterocycles. The Morgan fingerprint density at radius 1 is 0.583 bits per heavy atom. The molecule has 2 nitrogen and oxygen atoms in total. The van der Waals surface area contributed by atoms with Crippen molar-refractivity contribution in [3.63, 3.8) is 0 Å². The zero-order valence-electron chi connectivity index (χ0n) is 13.5. The van der Waals surface area contributed by atoms with Crippen molar-refractivity contribution in [1.82, 2.24) is 0 Å². The first-order valence-electron chi connectivity index (χ1n) is 8.39. The van der Waals surface area contributed by atoms with Crippen LogP contribution in [0.15, 0.2) is 60.7 Å². The van der Waals surface area contributed by atoms with E-state index in [1.165, 1.54) is 37.9 Å². The van der Waals surface area contributed by atoms with Crippen LogP contribution in [0.2, 0.25) is 0 Å². The first-order chi connectivity index (χ1) is 11.8. The van der Waals surface area contributed by atoms with Crippen molar-refractivity contribution in [2.24, 2.45) is 0 Å². The van der Waals surface area contributed by atoms with Crippen LogP contribution < -0.4 is 0 Å². The molecule has 0 bridgehead atoms. The lowest BCUT2D eigenvalue weighted by molar-refractivity contribution is 0.299. The number of hydrogen-bond acceptors (Lipinski definition) is 2. The second kappa shape index (κ2) is 6.23. The number of rotatable bonds is 4. The first kappa shape index (κ1) is 15.1. The molecule has 2 heteroatoms. The molecule has 0 aliphatic carbocycles. The van der Waals surface area contributed by atoms with Gasteiger partial charge in [0.05, 0.1) is 0 Å². The van der Waals surface area contributed by atoms with E-state index in [0.717, 1.165) is 5.56 Å². The van der Waals surface area contributed by atoms with Gasteiger partial charge < -0.3 is 10.2 Å². The molecule has 0 aliphatic rings. The van der Waals surface area contributed by atoms with Crippen molar-refractivity contribution in [3.05, 3.63) is 71.8 Å². The molecule has 4 aromatic rings. The van der Waals surface area contributed by atoms with E-state index in [0.29, 0.717) is 12.8 Å². The van der Waals surface area contributed by atoms with Gasteiger partial charge >= 0.3 is 0 Å². The van der Waals surface area contributed by atoms with Crippen LogP contribution in [0.1, 0.15) is 11.1 Å². The fourth-order valence-corrected chi connectivity index (χ4v) is 3.57. The van der Waals surface area contributed by atoms with Gasteiger partial charge in [0.1, 0.15) is 0 Å². The summed E-state index contributed by atoms with van der Waals surface area (Å²) in [6, 6.07) is 21.4. The van der Waals surface area contributed by atoms with Gasteiger partial charge in [-0.15, -0.1) is 0 Å². The van der Waals surface area contributed by atoms with Gasteiger partial charge in [-0.1, -0.05) is 48.5 Å². The highest BCUT2D eigenvalue weighted by atomic mass is 16.3. The van der Waals surface area contributed by atoms with Crippen LogP contribution in [0.5, 0.6) is 0 Å². The van der Waals surface area contributed by atoms with E-state index in [-0.39, 0.29) is 13.2 Å². The van der Waals surface area contributed by atoms with E-state index in [1.807, 2.05) is 0 Å². The minimum atomic E-state index is 0.149. The first-order valence-corrected chi connectivity index (χ1v) is 8.39. The highest BCUT2D eigenvalue weighted by molar-refractivity contribution is 6.13. The van der Waals surface area contributed by atoms with Crippen molar-refractivity contribution in [3.8, 4) is 0 Å². The number of fused-ring (bicyclic) bond motifs is 4. The number of benzene rings is 4. The molecule has 0 atom stereocenters. The maximum absolute atomic E-state index is 9.45. The molecule has 0 saturated heterocycles. The van der Waals surface area contributed by atoms with E-state index in [9.17, 15) is 10.2 Å². The van der Waals surface area contributed by atoms with E-state index in [4.69, 9.17) is 0 Å². The van der Waals surface area contributed by atoms with E-state index < -0.39 is 0 Å². The molecule has 0 heterocycles. The highest BCUT2D eigenvalue weighted by Crippen LogP contribution is 2.33. The summed E-state index contributed by atoms with van der Waals surface area (Å²) >= 11 is 0. The Bertz CT molecular complexity index is 1030. The van der Waals surface area contributed by atoms with Crippen LogP contribution in [0.25, 0.3) is 32.3 Å². The summed E-state index contributed by atoms with van der Waals surface area (Å²) in [5.74, 6) is 0. The molecule has 0 spiro atoms. The van der Waals surface area contributed by atoms with Crippen LogP contribution in [-0.4, -0.2) is 23.4 Å². The van der Waals surface area contributed by atoms with E-state index in [2.05, 4.69) is 60.7 Å². The van der Waals surface area contributed by atoms with Crippen molar-refractivity contribution >= 4 is 32.3 Å². The molecule has 0 radical (unpaired) electrons. The standard InChI is InChI=1S/C22H20O2/c23-9-7-15-5-6-18-12-19(8-10-24)21-13-16-3-1-2-4-17(16)14-22(21)20(18)11-15/h1-6,11-14,23-24H,7-10H2. The van der Waals surface area contributed by atoms with Gasteiger partial charge in [-0.3, -0.25) is 0 Å². The summed E-state index contributed by atoms with van der Waals surface area (Å²) in [5, 5.41) is 25.9. The van der Waals surface area contributed by atoms with Crippen molar-refractivity contribution in [2.45, 2.75) is 12.8 Å². The van der Waals surface area contributed by atoms with Crippen LogP contribution in [0.4, 0.5) is 0 Å². The fourth-order valence-electron chi connectivity index (χ4n) is 3.57.